The highest BCUT2D eigenvalue weighted by Crippen LogP contribution is 2.10. The lowest BCUT2D eigenvalue weighted by Crippen LogP contribution is -2.20. The van der Waals surface area contributed by atoms with E-state index >= 15 is 0 Å². The predicted octanol–water partition coefficient (Wildman–Crippen LogP) is 3.23. The first-order valence-corrected chi connectivity index (χ1v) is 5.96. The van der Waals surface area contributed by atoms with E-state index in [1.165, 1.54) is 0 Å². The quantitative estimate of drug-likeness (QED) is 0.649. The molecule has 0 spiro atoms. The maximum atomic E-state index is 11.4. The molecule has 92 valence electrons. The molecule has 0 heterocycles. The lowest BCUT2D eigenvalue weighted by Gasteiger charge is -2.04. The number of halogens is 1. The Morgan fingerprint density at radius 1 is 1.35 bits per heavy atom. The van der Waals surface area contributed by atoms with Crippen molar-refractivity contribution >= 4 is 23.2 Å². The maximum Gasteiger partial charge on any atom is 0.240 e. The summed E-state index contributed by atoms with van der Waals surface area (Å²) in [6, 6.07) is 7.34. The largest absolute Gasteiger partial charge is 0.273 e. The SMILES string of the molecule is C/C(=N\NC(=O)CC(C)C)c1ccc(Cl)cc1. The third kappa shape index (κ3) is 5.00. The van der Waals surface area contributed by atoms with Crippen LogP contribution in [0.2, 0.25) is 5.02 Å². The number of benzene rings is 1. The Labute approximate surface area is 107 Å². The molecular weight excluding hydrogens is 236 g/mol. The van der Waals surface area contributed by atoms with Crippen LogP contribution in [0.1, 0.15) is 32.8 Å². The summed E-state index contributed by atoms with van der Waals surface area (Å²) in [5.41, 5.74) is 4.25. The number of hydrogen-bond donors (Lipinski definition) is 1. The van der Waals surface area contributed by atoms with Gasteiger partial charge in [-0.15, -0.1) is 0 Å². The minimum atomic E-state index is -0.0617. The number of amides is 1. The Morgan fingerprint density at radius 2 is 1.94 bits per heavy atom. The topological polar surface area (TPSA) is 41.5 Å². The van der Waals surface area contributed by atoms with Crippen molar-refractivity contribution in [2.24, 2.45) is 11.0 Å². The molecule has 0 aliphatic heterocycles. The van der Waals surface area contributed by atoms with Crippen LogP contribution < -0.4 is 5.43 Å². The highest BCUT2D eigenvalue weighted by atomic mass is 35.5. The van der Waals surface area contributed by atoms with Crippen LogP contribution in [0.3, 0.4) is 0 Å². The van der Waals surface area contributed by atoms with Crippen molar-refractivity contribution in [2.45, 2.75) is 27.2 Å². The fourth-order valence-electron chi connectivity index (χ4n) is 1.32. The molecule has 0 bridgehead atoms. The summed E-state index contributed by atoms with van der Waals surface area (Å²) in [6.45, 7) is 5.84. The van der Waals surface area contributed by atoms with E-state index in [1.54, 1.807) is 12.1 Å². The molecular formula is C13H17ClN2O. The maximum absolute atomic E-state index is 11.4. The molecule has 0 aliphatic carbocycles. The van der Waals surface area contributed by atoms with Gasteiger partial charge in [-0.2, -0.15) is 5.10 Å². The Balaban J connectivity index is 2.60. The Hall–Kier alpha value is -1.35. The normalized spacial score (nSPS) is 11.7. The fourth-order valence-corrected chi connectivity index (χ4v) is 1.44. The second-order valence-corrected chi connectivity index (χ2v) is 4.77. The molecule has 1 rings (SSSR count). The van der Waals surface area contributed by atoms with Crippen LogP contribution in [0.25, 0.3) is 0 Å². The van der Waals surface area contributed by atoms with Crippen LogP contribution >= 0.6 is 11.6 Å². The average molecular weight is 253 g/mol. The molecule has 0 unspecified atom stereocenters. The lowest BCUT2D eigenvalue weighted by atomic mass is 10.1. The van der Waals surface area contributed by atoms with Crippen LogP contribution in [0.5, 0.6) is 0 Å². The molecule has 0 saturated carbocycles. The molecule has 1 aromatic rings. The first-order valence-electron chi connectivity index (χ1n) is 5.58. The molecule has 17 heavy (non-hydrogen) atoms. The summed E-state index contributed by atoms with van der Waals surface area (Å²) in [4.78, 5) is 11.4. The summed E-state index contributed by atoms with van der Waals surface area (Å²) in [6.07, 6.45) is 0.484. The van der Waals surface area contributed by atoms with E-state index < -0.39 is 0 Å². The second-order valence-electron chi connectivity index (χ2n) is 4.34. The molecule has 0 atom stereocenters. The van der Waals surface area contributed by atoms with Crippen molar-refractivity contribution in [2.75, 3.05) is 0 Å². The van der Waals surface area contributed by atoms with Gasteiger partial charge in [-0.05, 0) is 30.5 Å². The third-order valence-electron chi connectivity index (χ3n) is 2.20. The van der Waals surface area contributed by atoms with Crippen molar-refractivity contribution < 1.29 is 4.79 Å². The van der Waals surface area contributed by atoms with E-state index in [0.717, 1.165) is 11.3 Å². The predicted molar refractivity (Wildman–Crippen MR) is 71.3 cm³/mol. The molecule has 0 saturated heterocycles. The Bertz CT molecular complexity index is 410. The molecule has 0 aliphatic rings. The summed E-state index contributed by atoms with van der Waals surface area (Å²) in [7, 11) is 0. The zero-order valence-corrected chi connectivity index (χ0v) is 11.1. The van der Waals surface area contributed by atoms with E-state index in [2.05, 4.69) is 10.5 Å². The monoisotopic (exact) mass is 252 g/mol. The number of carbonyl (C=O) groups is 1. The number of carbonyl (C=O) groups excluding carboxylic acids is 1. The van der Waals surface area contributed by atoms with Gasteiger partial charge in [0, 0.05) is 11.4 Å². The first-order chi connectivity index (χ1) is 7.99. The van der Waals surface area contributed by atoms with Gasteiger partial charge < -0.3 is 0 Å². The van der Waals surface area contributed by atoms with Gasteiger partial charge in [0.2, 0.25) is 5.91 Å². The Kier molecular flexibility index (Phi) is 5.16. The number of hydrogen-bond acceptors (Lipinski definition) is 2. The van der Waals surface area contributed by atoms with E-state index in [9.17, 15) is 4.79 Å². The number of hydrazone groups is 1. The molecule has 3 nitrogen and oxygen atoms in total. The highest BCUT2D eigenvalue weighted by molar-refractivity contribution is 6.30. The molecule has 1 N–H and O–H groups in total. The zero-order chi connectivity index (χ0) is 12.8. The smallest absolute Gasteiger partial charge is 0.240 e. The minimum absolute atomic E-state index is 0.0617. The second kappa shape index (κ2) is 6.40. The van der Waals surface area contributed by atoms with Gasteiger partial charge in [-0.25, -0.2) is 5.43 Å². The first kappa shape index (κ1) is 13.7. The standard InChI is InChI=1S/C13H17ClN2O/c1-9(2)8-13(17)16-15-10(3)11-4-6-12(14)7-5-11/h4-7,9H,8H2,1-3H3,(H,16,17)/b15-10+. The summed E-state index contributed by atoms with van der Waals surface area (Å²) in [5.74, 6) is 0.273. The van der Waals surface area contributed by atoms with Crippen LogP contribution in [-0.2, 0) is 4.79 Å². The van der Waals surface area contributed by atoms with Gasteiger partial charge >= 0.3 is 0 Å². The van der Waals surface area contributed by atoms with Gasteiger partial charge in [0.15, 0.2) is 0 Å². The van der Waals surface area contributed by atoms with Gasteiger partial charge in [-0.3, -0.25) is 4.79 Å². The van der Waals surface area contributed by atoms with Crippen LogP contribution in [-0.4, -0.2) is 11.6 Å². The molecule has 1 amide bonds. The van der Waals surface area contributed by atoms with E-state index in [0.29, 0.717) is 17.4 Å². The van der Waals surface area contributed by atoms with Crippen molar-refractivity contribution in [3.63, 3.8) is 0 Å². The van der Waals surface area contributed by atoms with Gasteiger partial charge in [-0.1, -0.05) is 37.6 Å². The number of rotatable bonds is 4. The van der Waals surface area contributed by atoms with Crippen molar-refractivity contribution in [1.82, 2.24) is 5.43 Å². The molecule has 0 aromatic heterocycles. The molecule has 1 aromatic carbocycles. The number of nitrogens with zero attached hydrogens (tertiary/aromatic N) is 1. The molecule has 4 heteroatoms. The Morgan fingerprint density at radius 3 is 2.47 bits per heavy atom. The van der Waals surface area contributed by atoms with Crippen molar-refractivity contribution in [3.8, 4) is 0 Å². The van der Waals surface area contributed by atoms with Crippen LogP contribution in [0.4, 0.5) is 0 Å². The third-order valence-corrected chi connectivity index (χ3v) is 2.46. The molecule has 0 fully saturated rings. The highest BCUT2D eigenvalue weighted by Gasteiger charge is 2.03. The summed E-state index contributed by atoms with van der Waals surface area (Å²) >= 11 is 5.79. The van der Waals surface area contributed by atoms with E-state index in [-0.39, 0.29) is 5.91 Å². The van der Waals surface area contributed by atoms with Crippen molar-refractivity contribution in [3.05, 3.63) is 34.9 Å². The summed E-state index contributed by atoms with van der Waals surface area (Å²) < 4.78 is 0. The van der Waals surface area contributed by atoms with Gasteiger partial charge in [0.25, 0.3) is 0 Å². The molecule has 0 radical (unpaired) electrons. The number of nitrogens with one attached hydrogen (secondary N) is 1. The van der Waals surface area contributed by atoms with E-state index in [4.69, 9.17) is 11.6 Å². The summed E-state index contributed by atoms with van der Waals surface area (Å²) in [5, 5.41) is 4.74. The lowest BCUT2D eigenvalue weighted by molar-refractivity contribution is -0.121. The zero-order valence-electron chi connectivity index (χ0n) is 10.3. The van der Waals surface area contributed by atoms with Gasteiger partial charge in [0.1, 0.15) is 0 Å². The fraction of sp³-hybridized carbons (Fsp3) is 0.385. The van der Waals surface area contributed by atoms with Gasteiger partial charge in [0.05, 0.1) is 5.71 Å². The average Bonchev–Trinajstić information content (AvgIpc) is 2.26. The van der Waals surface area contributed by atoms with E-state index in [1.807, 2.05) is 32.9 Å². The minimum Gasteiger partial charge on any atom is -0.273 e. The van der Waals surface area contributed by atoms with Crippen LogP contribution in [0.15, 0.2) is 29.4 Å². The van der Waals surface area contributed by atoms with Crippen molar-refractivity contribution in [1.29, 1.82) is 0 Å². The van der Waals surface area contributed by atoms with Crippen LogP contribution in [0, 0.1) is 5.92 Å².